The molecule has 24 heavy (non-hydrogen) atoms. The van der Waals surface area contributed by atoms with Gasteiger partial charge in [0, 0.05) is 38.6 Å². The van der Waals surface area contributed by atoms with Gasteiger partial charge in [0.2, 0.25) is 0 Å². The van der Waals surface area contributed by atoms with Crippen molar-refractivity contribution in [3.8, 4) is 0 Å². The highest BCUT2D eigenvalue weighted by atomic mass is 16.5. The molecule has 0 N–H and O–H groups in total. The molecule has 2 saturated heterocycles. The second-order valence-corrected chi connectivity index (χ2v) is 6.36. The van der Waals surface area contributed by atoms with E-state index in [0.29, 0.717) is 12.1 Å². The van der Waals surface area contributed by atoms with Gasteiger partial charge >= 0.3 is 0 Å². The van der Waals surface area contributed by atoms with E-state index in [2.05, 4.69) is 16.0 Å². The highest BCUT2D eigenvalue weighted by Crippen LogP contribution is 2.25. The molecule has 2 atom stereocenters. The molecule has 0 saturated carbocycles. The van der Waals surface area contributed by atoms with E-state index < -0.39 is 0 Å². The third-order valence-corrected chi connectivity index (χ3v) is 4.86. The molecule has 0 spiro atoms. The highest BCUT2D eigenvalue weighted by Gasteiger charge is 2.38. The fourth-order valence-electron chi connectivity index (χ4n) is 3.62. The topological polar surface area (TPSA) is 58.8 Å². The Hall–Kier alpha value is -2.18. The first-order chi connectivity index (χ1) is 11.8. The van der Waals surface area contributed by atoms with Crippen molar-refractivity contribution >= 4 is 5.91 Å². The molecule has 4 rings (SSSR count). The van der Waals surface area contributed by atoms with Gasteiger partial charge in [0.25, 0.3) is 5.91 Å². The summed E-state index contributed by atoms with van der Waals surface area (Å²) in [6, 6.07) is 6.00. The zero-order valence-corrected chi connectivity index (χ0v) is 13.5. The van der Waals surface area contributed by atoms with Gasteiger partial charge in [0.15, 0.2) is 0 Å². The lowest BCUT2D eigenvalue weighted by molar-refractivity contribution is -0.101. The molecule has 1 amide bonds. The molecule has 4 heterocycles. The summed E-state index contributed by atoms with van der Waals surface area (Å²) in [5, 5.41) is 0. The van der Waals surface area contributed by atoms with Crippen molar-refractivity contribution in [1.82, 2.24) is 14.8 Å². The van der Waals surface area contributed by atoms with E-state index in [9.17, 15) is 4.79 Å². The molecule has 0 aromatic carbocycles. The van der Waals surface area contributed by atoms with E-state index in [-0.39, 0.29) is 18.1 Å². The predicted molar refractivity (Wildman–Crippen MR) is 87.4 cm³/mol. The van der Waals surface area contributed by atoms with Gasteiger partial charge in [-0.05, 0) is 24.1 Å². The highest BCUT2D eigenvalue weighted by molar-refractivity contribution is 5.93. The summed E-state index contributed by atoms with van der Waals surface area (Å²) in [5.74, 6) is 0.0362. The molecule has 6 nitrogen and oxygen atoms in total. The monoisotopic (exact) mass is 327 g/mol. The zero-order chi connectivity index (χ0) is 16.4. The molecule has 6 heteroatoms. The average Bonchev–Trinajstić information content (AvgIpc) is 3.17. The molecular weight excluding hydrogens is 306 g/mol. The third-order valence-electron chi connectivity index (χ3n) is 4.86. The van der Waals surface area contributed by atoms with Crippen molar-refractivity contribution in [2.24, 2.45) is 0 Å². The van der Waals surface area contributed by atoms with Gasteiger partial charge < -0.3 is 14.1 Å². The molecule has 0 radical (unpaired) electrons. The van der Waals surface area contributed by atoms with Crippen LogP contribution in [-0.2, 0) is 11.3 Å². The molecule has 2 aromatic heterocycles. The summed E-state index contributed by atoms with van der Waals surface area (Å²) in [6.07, 6.45) is 7.82. The number of carbonyl (C=O) groups excluding carboxylic acids is 1. The lowest BCUT2D eigenvalue weighted by Gasteiger charge is -2.47. The summed E-state index contributed by atoms with van der Waals surface area (Å²) in [5.41, 5.74) is 1.81. The van der Waals surface area contributed by atoms with Crippen LogP contribution in [0.1, 0.15) is 22.3 Å². The number of nitrogens with zero attached hydrogens (tertiary/aromatic N) is 3. The van der Waals surface area contributed by atoms with Crippen molar-refractivity contribution in [3.63, 3.8) is 0 Å². The van der Waals surface area contributed by atoms with E-state index in [1.165, 1.54) is 11.8 Å². The smallest absolute Gasteiger partial charge is 0.257 e. The number of pyridine rings is 1. The fraction of sp³-hybridized carbons (Fsp3) is 0.444. The lowest BCUT2D eigenvalue weighted by atomic mass is 9.97. The molecular formula is C18H21N3O3. The Balaban J connectivity index is 1.48. The molecule has 0 bridgehead atoms. The van der Waals surface area contributed by atoms with Crippen LogP contribution in [-0.4, -0.2) is 59.1 Å². The van der Waals surface area contributed by atoms with E-state index in [0.717, 1.165) is 32.7 Å². The molecule has 0 aliphatic carbocycles. The first-order valence-corrected chi connectivity index (χ1v) is 8.37. The van der Waals surface area contributed by atoms with Gasteiger partial charge in [-0.25, -0.2) is 0 Å². The van der Waals surface area contributed by atoms with E-state index in [1.54, 1.807) is 18.5 Å². The second kappa shape index (κ2) is 6.75. The number of likely N-dealkylation sites (tertiary alicyclic amines) is 1. The zero-order valence-electron chi connectivity index (χ0n) is 13.5. The predicted octanol–water partition coefficient (Wildman–Crippen LogP) is 1.79. The van der Waals surface area contributed by atoms with Crippen molar-refractivity contribution in [3.05, 3.63) is 54.2 Å². The van der Waals surface area contributed by atoms with Gasteiger partial charge in [-0.3, -0.25) is 14.7 Å². The number of carbonyl (C=O) groups is 1. The standard InChI is InChI=1S/C18H21N3O3/c22-18(15-4-8-23-13-15)21-6-3-17-16(12-21)20(7-9-24-17)11-14-2-1-5-19-10-14/h1-2,4-5,8,10,13,16-17H,3,6-7,9,11-12H2/t16-,17-/m0/s1. The van der Waals surface area contributed by atoms with Crippen LogP contribution in [0, 0.1) is 0 Å². The van der Waals surface area contributed by atoms with Crippen LogP contribution in [0.4, 0.5) is 0 Å². The third kappa shape index (κ3) is 3.07. The number of furan rings is 1. The van der Waals surface area contributed by atoms with Crippen LogP contribution < -0.4 is 0 Å². The quantitative estimate of drug-likeness (QED) is 0.860. The Morgan fingerprint density at radius 1 is 1.33 bits per heavy atom. The molecule has 0 unspecified atom stereocenters. The van der Waals surface area contributed by atoms with Crippen LogP contribution in [0.15, 0.2) is 47.5 Å². The van der Waals surface area contributed by atoms with Crippen molar-refractivity contribution in [1.29, 1.82) is 0 Å². The Morgan fingerprint density at radius 2 is 2.29 bits per heavy atom. The lowest BCUT2D eigenvalue weighted by Crippen LogP contribution is -2.60. The van der Waals surface area contributed by atoms with Crippen LogP contribution in [0.3, 0.4) is 0 Å². The number of hydrogen-bond acceptors (Lipinski definition) is 5. The number of rotatable bonds is 3. The molecule has 2 fully saturated rings. The number of piperidine rings is 1. The summed E-state index contributed by atoms with van der Waals surface area (Å²) in [7, 11) is 0. The van der Waals surface area contributed by atoms with Gasteiger partial charge in [-0.15, -0.1) is 0 Å². The number of morpholine rings is 1. The Bertz CT molecular complexity index is 674. The number of hydrogen-bond donors (Lipinski definition) is 0. The van der Waals surface area contributed by atoms with Gasteiger partial charge in [0.05, 0.1) is 30.6 Å². The van der Waals surface area contributed by atoms with E-state index in [1.807, 2.05) is 17.2 Å². The Kier molecular flexibility index (Phi) is 4.32. The van der Waals surface area contributed by atoms with Gasteiger partial charge in [0.1, 0.15) is 6.26 Å². The van der Waals surface area contributed by atoms with E-state index >= 15 is 0 Å². The van der Waals surface area contributed by atoms with Crippen LogP contribution >= 0.6 is 0 Å². The molecule has 2 aliphatic heterocycles. The SMILES string of the molecule is O=C(c1ccoc1)N1CC[C@@H]2OCCN(Cc3cccnc3)[C@H]2C1. The Morgan fingerprint density at radius 3 is 3.08 bits per heavy atom. The van der Waals surface area contributed by atoms with Crippen molar-refractivity contribution < 1.29 is 13.9 Å². The molecule has 126 valence electrons. The summed E-state index contributed by atoms with van der Waals surface area (Å²) in [4.78, 5) is 21.1. The first-order valence-electron chi connectivity index (χ1n) is 8.37. The van der Waals surface area contributed by atoms with E-state index in [4.69, 9.17) is 9.15 Å². The van der Waals surface area contributed by atoms with Gasteiger partial charge in [-0.1, -0.05) is 6.07 Å². The minimum Gasteiger partial charge on any atom is -0.472 e. The molecule has 2 aromatic rings. The summed E-state index contributed by atoms with van der Waals surface area (Å²) < 4.78 is 11.0. The number of fused-ring (bicyclic) bond motifs is 1. The summed E-state index contributed by atoms with van der Waals surface area (Å²) >= 11 is 0. The molecule has 2 aliphatic rings. The maximum Gasteiger partial charge on any atom is 0.257 e. The minimum absolute atomic E-state index is 0.0362. The second-order valence-electron chi connectivity index (χ2n) is 6.36. The normalized spacial score (nSPS) is 24.6. The average molecular weight is 327 g/mol. The van der Waals surface area contributed by atoms with Gasteiger partial charge in [-0.2, -0.15) is 0 Å². The first kappa shape index (κ1) is 15.4. The van der Waals surface area contributed by atoms with Crippen LogP contribution in [0.5, 0.6) is 0 Å². The maximum atomic E-state index is 12.6. The minimum atomic E-state index is 0.0362. The van der Waals surface area contributed by atoms with Crippen molar-refractivity contribution in [2.75, 3.05) is 26.2 Å². The number of aromatic nitrogens is 1. The largest absolute Gasteiger partial charge is 0.472 e. The maximum absolute atomic E-state index is 12.6. The van der Waals surface area contributed by atoms with Crippen LogP contribution in [0.25, 0.3) is 0 Å². The summed E-state index contributed by atoms with van der Waals surface area (Å²) in [6.45, 7) is 3.88. The number of ether oxygens (including phenoxy) is 1. The fourth-order valence-corrected chi connectivity index (χ4v) is 3.62. The number of amides is 1. The Labute approximate surface area is 141 Å². The van der Waals surface area contributed by atoms with Crippen molar-refractivity contribution in [2.45, 2.75) is 25.1 Å². The van der Waals surface area contributed by atoms with Crippen LogP contribution in [0.2, 0.25) is 0 Å².